The fraction of sp³-hybridized carbons (Fsp3) is 0.625. The Morgan fingerprint density at radius 1 is 1.33 bits per heavy atom. The third kappa shape index (κ3) is 3.82. The Morgan fingerprint density at radius 2 is 2.11 bits per heavy atom. The summed E-state index contributed by atoms with van der Waals surface area (Å²) in [5.74, 6) is 0. The third-order valence-electron chi connectivity index (χ3n) is 3.92. The number of benzene rings is 1. The molecule has 2 unspecified atom stereocenters. The lowest BCUT2D eigenvalue weighted by molar-refractivity contribution is 0.148. The molecule has 0 bridgehead atoms. The van der Waals surface area contributed by atoms with E-state index in [2.05, 4.69) is 54.4 Å². The van der Waals surface area contributed by atoms with E-state index < -0.39 is 0 Å². The minimum absolute atomic E-state index is 0.647. The van der Waals surface area contributed by atoms with Crippen LogP contribution in [0.25, 0.3) is 0 Å². The average Bonchev–Trinajstić information content (AvgIpc) is 2.40. The predicted octanol–water partition coefficient (Wildman–Crippen LogP) is 2.69. The summed E-state index contributed by atoms with van der Waals surface area (Å²) in [5, 5.41) is 3.63. The minimum atomic E-state index is 0.647. The van der Waals surface area contributed by atoms with Crippen molar-refractivity contribution in [3.05, 3.63) is 35.9 Å². The summed E-state index contributed by atoms with van der Waals surface area (Å²) in [6.45, 7) is 8.18. The van der Waals surface area contributed by atoms with Gasteiger partial charge in [-0.2, -0.15) is 0 Å². The first kappa shape index (κ1) is 13.6. The van der Waals surface area contributed by atoms with E-state index in [0.29, 0.717) is 12.1 Å². The second kappa shape index (κ2) is 6.91. The SMILES string of the molecule is CCCC1CN(C(C)Cc2ccccc2)CCN1. The Labute approximate surface area is 111 Å². The molecule has 1 fully saturated rings. The van der Waals surface area contributed by atoms with Gasteiger partial charge in [-0.1, -0.05) is 43.7 Å². The fourth-order valence-electron chi connectivity index (χ4n) is 2.88. The van der Waals surface area contributed by atoms with E-state index in [4.69, 9.17) is 0 Å². The molecule has 100 valence electrons. The van der Waals surface area contributed by atoms with Gasteiger partial charge in [-0.25, -0.2) is 0 Å². The molecule has 0 spiro atoms. The molecular weight excluding hydrogens is 220 g/mol. The van der Waals surface area contributed by atoms with Crippen molar-refractivity contribution in [1.29, 1.82) is 0 Å². The Morgan fingerprint density at radius 3 is 2.83 bits per heavy atom. The molecule has 1 aliphatic rings. The van der Waals surface area contributed by atoms with Gasteiger partial charge in [0.25, 0.3) is 0 Å². The molecular formula is C16H26N2. The second-order valence-electron chi connectivity index (χ2n) is 5.47. The van der Waals surface area contributed by atoms with Crippen molar-refractivity contribution in [3.8, 4) is 0 Å². The van der Waals surface area contributed by atoms with Gasteiger partial charge in [-0.15, -0.1) is 0 Å². The predicted molar refractivity (Wildman–Crippen MR) is 77.9 cm³/mol. The summed E-state index contributed by atoms with van der Waals surface area (Å²) in [6, 6.07) is 12.2. The molecule has 18 heavy (non-hydrogen) atoms. The van der Waals surface area contributed by atoms with E-state index in [9.17, 15) is 0 Å². The largest absolute Gasteiger partial charge is 0.311 e. The van der Waals surface area contributed by atoms with Gasteiger partial charge in [-0.05, 0) is 25.3 Å². The molecule has 1 aliphatic heterocycles. The van der Waals surface area contributed by atoms with Crippen molar-refractivity contribution in [2.45, 2.75) is 45.2 Å². The zero-order valence-electron chi connectivity index (χ0n) is 11.7. The smallest absolute Gasteiger partial charge is 0.0195 e. The molecule has 2 rings (SSSR count). The normalized spacial score (nSPS) is 22.9. The standard InChI is InChI=1S/C16H26N2/c1-3-7-16-13-18(11-10-17-16)14(2)12-15-8-5-4-6-9-15/h4-6,8-9,14,16-17H,3,7,10-13H2,1-2H3. The highest BCUT2D eigenvalue weighted by molar-refractivity contribution is 5.15. The topological polar surface area (TPSA) is 15.3 Å². The zero-order chi connectivity index (χ0) is 12.8. The van der Waals surface area contributed by atoms with E-state index in [1.165, 1.54) is 37.9 Å². The van der Waals surface area contributed by atoms with Crippen molar-refractivity contribution in [3.63, 3.8) is 0 Å². The number of rotatable bonds is 5. The number of nitrogens with one attached hydrogen (secondary N) is 1. The molecule has 0 aliphatic carbocycles. The molecule has 2 nitrogen and oxygen atoms in total. The highest BCUT2D eigenvalue weighted by Gasteiger charge is 2.22. The Kier molecular flexibility index (Phi) is 5.21. The molecule has 1 aromatic carbocycles. The van der Waals surface area contributed by atoms with Gasteiger partial charge < -0.3 is 5.32 Å². The van der Waals surface area contributed by atoms with Crippen LogP contribution in [0, 0.1) is 0 Å². The van der Waals surface area contributed by atoms with Crippen LogP contribution in [0.5, 0.6) is 0 Å². The van der Waals surface area contributed by atoms with Gasteiger partial charge in [-0.3, -0.25) is 4.90 Å². The highest BCUT2D eigenvalue weighted by Crippen LogP contribution is 2.12. The summed E-state index contributed by atoms with van der Waals surface area (Å²) in [7, 11) is 0. The van der Waals surface area contributed by atoms with Gasteiger partial charge in [0.15, 0.2) is 0 Å². The Bertz CT molecular complexity index is 334. The molecule has 2 heteroatoms. The summed E-state index contributed by atoms with van der Waals surface area (Å²) in [6.07, 6.45) is 3.74. The van der Waals surface area contributed by atoms with Crippen LogP contribution in [-0.2, 0) is 6.42 Å². The van der Waals surface area contributed by atoms with E-state index in [1.807, 2.05) is 0 Å². The molecule has 0 amide bonds. The van der Waals surface area contributed by atoms with Crippen LogP contribution in [-0.4, -0.2) is 36.6 Å². The number of piperazine rings is 1. The highest BCUT2D eigenvalue weighted by atomic mass is 15.2. The first-order chi connectivity index (χ1) is 8.79. The van der Waals surface area contributed by atoms with Crippen LogP contribution in [0.3, 0.4) is 0 Å². The van der Waals surface area contributed by atoms with Crippen LogP contribution < -0.4 is 5.32 Å². The van der Waals surface area contributed by atoms with Crippen molar-refractivity contribution >= 4 is 0 Å². The zero-order valence-corrected chi connectivity index (χ0v) is 11.7. The maximum atomic E-state index is 3.63. The van der Waals surface area contributed by atoms with E-state index >= 15 is 0 Å². The van der Waals surface area contributed by atoms with Crippen molar-refractivity contribution < 1.29 is 0 Å². The van der Waals surface area contributed by atoms with Gasteiger partial charge >= 0.3 is 0 Å². The fourth-order valence-corrected chi connectivity index (χ4v) is 2.88. The molecule has 1 aromatic rings. The van der Waals surface area contributed by atoms with Gasteiger partial charge in [0.2, 0.25) is 0 Å². The van der Waals surface area contributed by atoms with E-state index in [-0.39, 0.29) is 0 Å². The first-order valence-corrected chi connectivity index (χ1v) is 7.31. The summed E-state index contributed by atoms with van der Waals surface area (Å²) < 4.78 is 0. The maximum Gasteiger partial charge on any atom is 0.0195 e. The van der Waals surface area contributed by atoms with Crippen LogP contribution in [0.1, 0.15) is 32.3 Å². The molecule has 0 saturated carbocycles. The third-order valence-corrected chi connectivity index (χ3v) is 3.92. The number of hydrogen-bond donors (Lipinski definition) is 1. The van der Waals surface area contributed by atoms with Crippen LogP contribution >= 0.6 is 0 Å². The van der Waals surface area contributed by atoms with Crippen LogP contribution in [0.4, 0.5) is 0 Å². The molecule has 1 saturated heterocycles. The van der Waals surface area contributed by atoms with E-state index in [0.717, 1.165) is 6.54 Å². The Hall–Kier alpha value is -0.860. The quantitative estimate of drug-likeness (QED) is 0.859. The molecule has 0 aromatic heterocycles. The van der Waals surface area contributed by atoms with Crippen molar-refractivity contribution in [2.24, 2.45) is 0 Å². The second-order valence-corrected chi connectivity index (χ2v) is 5.47. The Balaban J connectivity index is 1.86. The number of hydrogen-bond acceptors (Lipinski definition) is 2. The van der Waals surface area contributed by atoms with Gasteiger partial charge in [0.05, 0.1) is 0 Å². The van der Waals surface area contributed by atoms with Gasteiger partial charge in [0, 0.05) is 31.7 Å². The molecule has 1 N–H and O–H groups in total. The molecule has 1 heterocycles. The van der Waals surface area contributed by atoms with Crippen LogP contribution in [0.2, 0.25) is 0 Å². The lowest BCUT2D eigenvalue weighted by atomic mass is 10.0. The maximum absolute atomic E-state index is 3.63. The van der Waals surface area contributed by atoms with Crippen molar-refractivity contribution in [2.75, 3.05) is 19.6 Å². The van der Waals surface area contributed by atoms with Crippen molar-refractivity contribution in [1.82, 2.24) is 10.2 Å². The monoisotopic (exact) mass is 246 g/mol. The lowest BCUT2D eigenvalue weighted by Crippen LogP contribution is -2.53. The van der Waals surface area contributed by atoms with Crippen LogP contribution in [0.15, 0.2) is 30.3 Å². The summed E-state index contributed by atoms with van der Waals surface area (Å²) in [4.78, 5) is 2.64. The molecule has 0 radical (unpaired) electrons. The summed E-state index contributed by atoms with van der Waals surface area (Å²) in [5.41, 5.74) is 1.45. The average molecular weight is 246 g/mol. The first-order valence-electron chi connectivity index (χ1n) is 7.31. The molecule has 2 atom stereocenters. The lowest BCUT2D eigenvalue weighted by Gasteiger charge is -2.37. The van der Waals surface area contributed by atoms with Gasteiger partial charge in [0.1, 0.15) is 0 Å². The van der Waals surface area contributed by atoms with E-state index in [1.54, 1.807) is 0 Å². The summed E-state index contributed by atoms with van der Waals surface area (Å²) >= 11 is 0. The minimum Gasteiger partial charge on any atom is -0.311 e. The number of nitrogens with zero attached hydrogens (tertiary/aromatic N) is 1.